The minimum atomic E-state index is -0.569. The maximum absolute atomic E-state index is 11.4. The van der Waals surface area contributed by atoms with E-state index < -0.39 is 16.4 Å². The minimum Gasteiger partial charge on any atom is -0.497 e. The number of rotatable bonds is 4. The summed E-state index contributed by atoms with van der Waals surface area (Å²) in [6, 6.07) is 6.99. The van der Waals surface area contributed by atoms with Crippen LogP contribution in [0.4, 0.5) is 0 Å². The number of ether oxygens (including phenoxy) is 1. The maximum atomic E-state index is 11.4. The van der Waals surface area contributed by atoms with E-state index in [1.165, 1.54) is 6.92 Å². The number of benzene rings is 1. The molecule has 0 saturated carbocycles. The van der Waals surface area contributed by atoms with Gasteiger partial charge in [-0.1, -0.05) is 28.1 Å². The molecule has 1 aromatic carbocycles. The maximum Gasteiger partial charge on any atom is 0.216 e. The zero-order chi connectivity index (χ0) is 11.4. The molecule has 80 valence electrons. The number of halogens is 1. The molecule has 1 rings (SSSR count). The van der Waals surface area contributed by atoms with E-state index in [2.05, 4.69) is 15.9 Å². The Hall–Kier alpha value is -1.16. The normalized spacial score (nSPS) is 11.9. The van der Waals surface area contributed by atoms with Crippen molar-refractivity contribution in [3.63, 3.8) is 0 Å². The Morgan fingerprint density at radius 3 is 2.20 bits per heavy atom. The average Bonchev–Trinajstić information content (AvgIpc) is 2.27. The van der Waals surface area contributed by atoms with Crippen molar-refractivity contribution >= 4 is 27.5 Å². The van der Waals surface area contributed by atoms with E-state index in [0.29, 0.717) is 5.75 Å². The number of hydrogen-bond acceptors (Lipinski definition) is 3. The van der Waals surface area contributed by atoms with Gasteiger partial charge in [0.15, 0.2) is 5.78 Å². The van der Waals surface area contributed by atoms with Crippen molar-refractivity contribution in [2.45, 2.75) is 11.8 Å². The Morgan fingerprint density at radius 1 is 1.27 bits per heavy atom. The quantitative estimate of drug-likeness (QED) is 0.623. The van der Waals surface area contributed by atoms with Crippen LogP contribution in [0.15, 0.2) is 24.3 Å². The molecule has 0 N–H and O–H groups in total. The lowest BCUT2D eigenvalue weighted by Crippen LogP contribution is -2.15. The van der Waals surface area contributed by atoms with E-state index >= 15 is 0 Å². The van der Waals surface area contributed by atoms with Gasteiger partial charge in [-0.2, -0.15) is 0 Å². The number of alkyl halides is 1. The van der Waals surface area contributed by atoms with Gasteiger partial charge in [0.1, 0.15) is 10.6 Å². The van der Waals surface area contributed by atoms with Crippen LogP contribution >= 0.6 is 15.9 Å². The van der Waals surface area contributed by atoms with Crippen LogP contribution < -0.4 is 4.74 Å². The lowest BCUT2D eigenvalue weighted by Gasteiger charge is -2.07. The highest BCUT2D eigenvalue weighted by molar-refractivity contribution is 9.09. The Labute approximate surface area is 96.6 Å². The molecule has 0 aliphatic rings. The van der Waals surface area contributed by atoms with Crippen molar-refractivity contribution < 1.29 is 14.3 Å². The zero-order valence-corrected chi connectivity index (χ0v) is 10.1. The van der Waals surface area contributed by atoms with Crippen LogP contribution in [-0.2, 0) is 9.59 Å². The Bertz CT molecular complexity index is 370. The van der Waals surface area contributed by atoms with Crippen LogP contribution in [0.3, 0.4) is 0 Å². The number of carbonyl (C=O) groups is 2. The second-order valence-corrected chi connectivity index (χ2v) is 3.97. The number of Topliss-reactive ketones (excluding diaryl/α,β-unsaturated/α-hetero) is 2. The fourth-order valence-electron chi connectivity index (χ4n) is 1.10. The first kappa shape index (κ1) is 11.9. The van der Waals surface area contributed by atoms with Crippen LogP contribution in [0.5, 0.6) is 5.75 Å². The van der Waals surface area contributed by atoms with Gasteiger partial charge < -0.3 is 4.74 Å². The highest BCUT2D eigenvalue weighted by Gasteiger charge is 2.20. The molecule has 4 heteroatoms. The zero-order valence-electron chi connectivity index (χ0n) is 8.49. The number of ketones is 2. The molecule has 0 aliphatic carbocycles. The molecular formula is C11H11BrO3. The summed E-state index contributed by atoms with van der Waals surface area (Å²) in [5.41, 5.74) is 0.746. The lowest BCUT2D eigenvalue weighted by atomic mass is 10.1. The Morgan fingerprint density at radius 2 is 1.80 bits per heavy atom. The summed E-state index contributed by atoms with van der Waals surface area (Å²) in [5.74, 6) is -0.179. The molecule has 0 fully saturated rings. The Kier molecular flexibility index (Phi) is 4.03. The summed E-state index contributed by atoms with van der Waals surface area (Å²) in [6.45, 7) is 1.26. The third-order valence-electron chi connectivity index (χ3n) is 1.99. The second-order valence-electron chi connectivity index (χ2n) is 3.06. The van der Waals surface area contributed by atoms with Crippen LogP contribution in [0.1, 0.15) is 17.3 Å². The summed E-state index contributed by atoms with van der Waals surface area (Å²) in [7, 11) is 1.57. The van der Waals surface area contributed by atoms with Crippen molar-refractivity contribution in [1.29, 1.82) is 0 Å². The molecule has 0 radical (unpaired) electrons. The fraction of sp³-hybridized carbons (Fsp3) is 0.273. The van der Waals surface area contributed by atoms with Gasteiger partial charge in [0.25, 0.3) is 0 Å². The predicted molar refractivity (Wildman–Crippen MR) is 60.4 cm³/mol. The lowest BCUT2D eigenvalue weighted by molar-refractivity contribution is -0.135. The van der Waals surface area contributed by atoms with E-state index in [1.807, 2.05) is 0 Å². The molecule has 15 heavy (non-hydrogen) atoms. The number of methoxy groups -OCH3 is 1. The molecular weight excluding hydrogens is 260 g/mol. The molecule has 0 spiro atoms. The summed E-state index contributed by atoms with van der Waals surface area (Å²) in [4.78, 5) is 21.7. The molecule has 0 bridgehead atoms. The first-order valence-corrected chi connectivity index (χ1v) is 5.30. The topological polar surface area (TPSA) is 43.4 Å². The number of carbonyl (C=O) groups excluding carboxylic acids is 2. The molecule has 1 atom stereocenters. The van der Waals surface area contributed by atoms with E-state index in [4.69, 9.17) is 4.74 Å². The van der Waals surface area contributed by atoms with Gasteiger partial charge >= 0.3 is 0 Å². The highest BCUT2D eigenvalue weighted by atomic mass is 79.9. The fourth-order valence-corrected chi connectivity index (χ4v) is 1.73. The highest BCUT2D eigenvalue weighted by Crippen LogP contribution is 2.25. The van der Waals surface area contributed by atoms with E-state index in [-0.39, 0.29) is 0 Å². The summed E-state index contributed by atoms with van der Waals surface area (Å²) < 4.78 is 4.99. The summed E-state index contributed by atoms with van der Waals surface area (Å²) in [6.07, 6.45) is 0. The van der Waals surface area contributed by atoms with Crippen molar-refractivity contribution in [1.82, 2.24) is 0 Å². The van der Waals surface area contributed by atoms with Crippen LogP contribution in [0.2, 0.25) is 0 Å². The van der Waals surface area contributed by atoms with Crippen molar-refractivity contribution in [2.24, 2.45) is 0 Å². The SMILES string of the molecule is COc1ccc(C(Br)C(=O)C(C)=O)cc1. The number of hydrogen-bond donors (Lipinski definition) is 0. The van der Waals surface area contributed by atoms with Crippen LogP contribution in [-0.4, -0.2) is 18.7 Å². The van der Waals surface area contributed by atoms with Crippen molar-refractivity contribution in [3.05, 3.63) is 29.8 Å². The molecule has 1 aromatic rings. The van der Waals surface area contributed by atoms with Gasteiger partial charge in [-0.3, -0.25) is 9.59 Å². The monoisotopic (exact) mass is 270 g/mol. The van der Waals surface area contributed by atoms with Gasteiger partial charge in [-0.15, -0.1) is 0 Å². The van der Waals surface area contributed by atoms with Gasteiger partial charge in [0, 0.05) is 6.92 Å². The summed E-state index contributed by atoms with van der Waals surface area (Å²) >= 11 is 3.19. The summed E-state index contributed by atoms with van der Waals surface area (Å²) in [5, 5.41) is 0. The van der Waals surface area contributed by atoms with E-state index in [0.717, 1.165) is 5.56 Å². The third-order valence-corrected chi connectivity index (χ3v) is 2.93. The Balaban J connectivity index is 2.87. The largest absolute Gasteiger partial charge is 0.497 e. The third kappa shape index (κ3) is 2.89. The molecule has 1 unspecified atom stereocenters. The smallest absolute Gasteiger partial charge is 0.216 e. The second kappa shape index (κ2) is 5.07. The van der Waals surface area contributed by atoms with Gasteiger partial charge in [0.05, 0.1) is 7.11 Å². The van der Waals surface area contributed by atoms with Gasteiger partial charge in [0.2, 0.25) is 5.78 Å². The molecule has 0 heterocycles. The van der Waals surface area contributed by atoms with Crippen LogP contribution in [0, 0.1) is 0 Å². The molecule has 3 nitrogen and oxygen atoms in total. The first-order valence-electron chi connectivity index (χ1n) is 4.39. The van der Waals surface area contributed by atoms with Crippen molar-refractivity contribution in [2.75, 3.05) is 7.11 Å². The average molecular weight is 271 g/mol. The van der Waals surface area contributed by atoms with Gasteiger partial charge in [-0.25, -0.2) is 0 Å². The predicted octanol–water partition coefficient (Wildman–Crippen LogP) is 2.29. The van der Waals surface area contributed by atoms with Gasteiger partial charge in [-0.05, 0) is 17.7 Å². The molecule has 0 amide bonds. The first-order chi connectivity index (χ1) is 7.06. The van der Waals surface area contributed by atoms with Crippen molar-refractivity contribution in [3.8, 4) is 5.75 Å². The van der Waals surface area contributed by atoms with E-state index in [9.17, 15) is 9.59 Å². The minimum absolute atomic E-state index is 0.444. The standard InChI is InChI=1S/C11H11BrO3/c1-7(13)11(14)10(12)8-3-5-9(15-2)6-4-8/h3-6,10H,1-2H3. The van der Waals surface area contributed by atoms with E-state index in [1.54, 1.807) is 31.4 Å². The molecule has 0 saturated heterocycles. The molecule has 0 aliphatic heterocycles. The van der Waals surface area contributed by atoms with Crippen LogP contribution in [0.25, 0.3) is 0 Å². The molecule has 0 aromatic heterocycles.